The van der Waals surface area contributed by atoms with E-state index in [1.165, 1.54) is 19.2 Å². The third-order valence-corrected chi connectivity index (χ3v) is 2.95. The van der Waals surface area contributed by atoms with Gasteiger partial charge in [0.2, 0.25) is 5.91 Å². The van der Waals surface area contributed by atoms with Crippen molar-refractivity contribution in [3.63, 3.8) is 0 Å². The van der Waals surface area contributed by atoms with Crippen molar-refractivity contribution >= 4 is 11.7 Å². The average Bonchev–Trinajstić information content (AvgIpc) is 2.38. The first-order valence-corrected chi connectivity index (χ1v) is 5.96. The summed E-state index contributed by atoms with van der Waals surface area (Å²) in [5.41, 5.74) is 0.202. The van der Waals surface area contributed by atoms with Crippen LogP contribution in [0, 0.1) is 5.82 Å². The first-order valence-electron chi connectivity index (χ1n) is 5.96. The van der Waals surface area contributed by atoms with Crippen LogP contribution >= 0.6 is 0 Å². The quantitative estimate of drug-likeness (QED) is 0.804. The van der Waals surface area contributed by atoms with Gasteiger partial charge in [0.15, 0.2) is 5.78 Å². The Bertz CT molecular complexity index is 505. The van der Waals surface area contributed by atoms with Crippen LogP contribution in [0.5, 0.6) is 5.75 Å². The molecule has 0 radical (unpaired) electrons. The summed E-state index contributed by atoms with van der Waals surface area (Å²) in [7, 11) is 1.43. The molecule has 5 nitrogen and oxygen atoms in total. The molecule has 1 heterocycles. The van der Waals surface area contributed by atoms with Crippen molar-refractivity contribution in [3.8, 4) is 5.75 Å². The largest absolute Gasteiger partial charge is 0.496 e. The van der Waals surface area contributed by atoms with Crippen LogP contribution in [0.25, 0.3) is 0 Å². The molecule has 1 N–H and O–H groups in total. The Morgan fingerprint density at radius 3 is 3.00 bits per heavy atom. The van der Waals surface area contributed by atoms with Crippen molar-refractivity contribution in [2.24, 2.45) is 0 Å². The second-order valence-corrected chi connectivity index (χ2v) is 4.33. The molecule has 0 spiro atoms. The number of nitrogens with zero attached hydrogens (tertiary/aromatic N) is 1. The second kappa shape index (κ2) is 5.79. The predicted molar refractivity (Wildman–Crippen MR) is 66.7 cm³/mol. The minimum Gasteiger partial charge on any atom is -0.496 e. The third-order valence-electron chi connectivity index (χ3n) is 2.95. The molecule has 0 bridgehead atoms. The molecule has 0 saturated carbocycles. The summed E-state index contributed by atoms with van der Waals surface area (Å²) < 4.78 is 18.2. The zero-order chi connectivity index (χ0) is 13.8. The van der Waals surface area contributed by atoms with Gasteiger partial charge in [-0.1, -0.05) is 0 Å². The summed E-state index contributed by atoms with van der Waals surface area (Å²) in [5.74, 6) is -0.510. The van der Waals surface area contributed by atoms with Gasteiger partial charge in [-0.25, -0.2) is 4.39 Å². The monoisotopic (exact) mass is 266 g/mol. The number of ether oxygens (including phenoxy) is 1. The lowest BCUT2D eigenvalue weighted by atomic mass is 10.1. The van der Waals surface area contributed by atoms with Crippen molar-refractivity contribution in [3.05, 3.63) is 29.6 Å². The van der Waals surface area contributed by atoms with Crippen molar-refractivity contribution in [1.29, 1.82) is 0 Å². The number of ketones is 1. The predicted octanol–water partition coefficient (Wildman–Crippen LogP) is 0.449. The number of carbonyl (C=O) groups excluding carboxylic acids is 2. The van der Waals surface area contributed by atoms with Crippen LogP contribution in [-0.4, -0.2) is 49.9 Å². The van der Waals surface area contributed by atoms with Crippen molar-refractivity contribution < 1.29 is 18.7 Å². The highest BCUT2D eigenvalue weighted by Gasteiger charge is 2.21. The summed E-state index contributed by atoms with van der Waals surface area (Å²) >= 11 is 0. The van der Waals surface area contributed by atoms with E-state index < -0.39 is 5.82 Å². The molecule has 0 unspecified atom stereocenters. The van der Waals surface area contributed by atoms with Crippen molar-refractivity contribution in [2.45, 2.75) is 0 Å². The fourth-order valence-electron chi connectivity index (χ4n) is 2.01. The van der Waals surface area contributed by atoms with Crippen LogP contribution in [0.1, 0.15) is 10.4 Å². The zero-order valence-corrected chi connectivity index (χ0v) is 10.6. The van der Waals surface area contributed by atoms with Gasteiger partial charge < -0.3 is 10.1 Å². The number of nitrogens with one attached hydrogen (secondary N) is 1. The Labute approximate surface area is 110 Å². The maximum absolute atomic E-state index is 13.2. The fraction of sp³-hybridized carbons (Fsp3) is 0.385. The molecule has 1 amide bonds. The summed E-state index contributed by atoms with van der Waals surface area (Å²) in [6.07, 6.45) is 0. The lowest BCUT2D eigenvalue weighted by Gasteiger charge is -2.25. The highest BCUT2D eigenvalue weighted by atomic mass is 19.1. The van der Waals surface area contributed by atoms with Crippen LogP contribution in [-0.2, 0) is 4.79 Å². The van der Waals surface area contributed by atoms with Gasteiger partial charge in [0, 0.05) is 13.1 Å². The number of carbonyl (C=O) groups is 2. The van der Waals surface area contributed by atoms with Gasteiger partial charge in [-0.2, -0.15) is 0 Å². The molecule has 102 valence electrons. The van der Waals surface area contributed by atoms with Crippen LogP contribution in [0.3, 0.4) is 0 Å². The molecule has 6 heteroatoms. The van der Waals surface area contributed by atoms with Gasteiger partial charge >= 0.3 is 0 Å². The number of halogens is 1. The maximum Gasteiger partial charge on any atom is 0.234 e. The highest BCUT2D eigenvalue weighted by Crippen LogP contribution is 2.20. The van der Waals surface area contributed by atoms with Crippen LogP contribution in [0.2, 0.25) is 0 Å². The summed E-state index contributed by atoms with van der Waals surface area (Å²) in [6, 6.07) is 3.82. The Morgan fingerprint density at radius 2 is 2.32 bits per heavy atom. The average molecular weight is 266 g/mol. The summed E-state index contributed by atoms with van der Waals surface area (Å²) in [5, 5.41) is 2.68. The van der Waals surface area contributed by atoms with E-state index in [-0.39, 0.29) is 30.3 Å². The van der Waals surface area contributed by atoms with Crippen molar-refractivity contribution in [1.82, 2.24) is 10.2 Å². The molecule has 19 heavy (non-hydrogen) atoms. The van der Waals surface area contributed by atoms with E-state index in [0.29, 0.717) is 18.8 Å². The topological polar surface area (TPSA) is 58.6 Å². The van der Waals surface area contributed by atoms with Gasteiger partial charge in [0.05, 0.1) is 25.8 Å². The summed E-state index contributed by atoms with van der Waals surface area (Å²) in [4.78, 5) is 25.1. The zero-order valence-electron chi connectivity index (χ0n) is 10.6. The van der Waals surface area contributed by atoms with E-state index in [2.05, 4.69) is 5.32 Å². The highest BCUT2D eigenvalue weighted by molar-refractivity contribution is 6.00. The first-order chi connectivity index (χ1) is 9.10. The standard InChI is InChI=1S/C13H15FN2O3/c1-19-12-3-2-9(14)6-10(12)11(17)7-16-5-4-15-13(18)8-16/h2-3,6H,4-5,7-8H2,1H3,(H,15,18). The lowest BCUT2D eigenvalue weighted by Crippen LogP contribution is -2.49. The molecule has 1 aliphatic rings. The lowest BCUT2D eigenvalue weighted by molar-refractivity contribution is -0.123. The maximum atomic E-state index is 13.2. The molecule has 0 aromatic heterocycles. The molecule has 1 fully saturated rings. The number of amides is 1. The number of rotatable bonds is 4. The number of benzene rings is 1. The number of methoxy groups -OCH3 is 1. The normalized spacial score (nSPS) is 16.0. The van der Waals surface area contributed by atoms with E-state index in [0.717, 1.165) is 6.07 Å². The smallest absolute Gasteiger partial charge is 0.234 e. The number of hydrogen-bond acceptors (Lipinski definition) is 4. The van der Waals surface area contributed by atoms with E-state index in [9.17, 15) is 14.0 Å². The van der Waals surface area contributed by atoms with Gasteiger partial charge in [-0.3, -0.25) is 14.5 Å². The third kappa shape index (κ3) is 3.29. The Morgan fingerprint density at radius 1 is 1.53 bits per heavy atom. The van der Waals surface area contributed by atoms with Crippen LogP contribution < -0.4 is 10.1 Å². The second-order valence-electron chi connectivity index (χ2n) is 4.33. The Kier molecular flexibility index (Phi) is 4.11. The van der Waals surface area contributed by atoms with E-state index in [1.807, 2.05) is 0 Å². The van der Waals surface area contributed by atoms with Gasteiger partial charge in [0.1, 0.15) is 11.6 Å². The molecular formula is C13H15FN2O3. The minimum atomic E-state index is -0.486. The van der Waals surface area contributed by atoms with Gasteiger partial charge in [-0.05, 0) is 18.2 Å². The first kappa shape index (κ1) is 13.5. The molecule has 2 rings (SSSR count). The van der Waals surface area contributed by atoms with Crippen LogP contribution in [0.4, 0.5) is 4.39 Å². The van der Waals surface area contributed by atoms with E-state index in [1.54, 1.807) is 4.90 Å². The van der Waals surface area contributed by atoms with Crippen molar-refractivity contribution in [2.75, 3.05) is 33.3 Å². The van der Waals surface area contributed by atoms with Gasteiger partial charge in [0.25, 0.3) is 0 Å². The molecule has 1 aliphatic heterocycles. The molecule has 0 atom stereocenters. The fourth-order valence-corrected chi connectivity index (χ4v) is 2.01. The molecule has 1 aromatic rings. The number of Topliss-reactive ketones (excluding diaryl/α,β-unsaturated/α-hetero) is 1. The summed E-state index contributed by atoms with van der Waals surface area (Å²) in [6.45, 7) is 1.39. The number of piperazine rings is 1. The van der Waals surface area contributed by atoms with E-state index >= 15 is 0 Å². The van der Waals surface area contributed by atoms with Gasteiger partial charge in [-0.15, -0.1) is 0 Å². The van der Waals surface area contributed by atoms with E-state index in [4.69, 9.17) is 4.74 Å². The minimum absolute atomic E-state index is 0.0766. The molecule has 1 aromatic carbocycles. The molecule has 0 aliphatic carbocycles. The number of hydrogen-bond donors (Lipinski definition) is 1. The SMILES string of the molecule is COc1ccc(F)cc1C(=O)CN1CCNC(=O)C1. The molecule has 1 saturated heterocycles. The Hall–Kier alpha value is -1.95. The Balaban J connectivity index is 2.11. The van der Waals surface area contributed by atoms with Crippen LogP contribution in [0.15, 0.2) is 18.2 Å². The molecular weight excluding hydrogens is 251 g/mol.